The predicted molar refractivity (Wildman–Crippen MR) is 69.9 cm³/mol. The Kier molecular flexibility index (Phi) is 2.61. The van der Waals surface area contributed by atoms with Gasteiger partial charge in [-0.2, -0.15) is 0 Å². The van der Waals surface area contributed by atoms with Crippen molar-refractivity contribution in [3.63, 3.8) is 0 Å². The quantitative estimate of drug-likeness (QED) is 0.773. The maximum Gasteiger partial charge on any atom is 0.237 e. The molecule has 1 aromatic rings. The van der Waals surface area contributed by atoms with E-state index in [0.717, 1.165) is 22.3 Å². The Morgan fingerprint density at radius 3 is 2.56 bits per heavy atom. The van der Waals surface area contributed by atoms with Crippen LogP contribution in [0.5, 0.6) is 0 Å². The zero-order valence-corrected chi connectivity index (χ0v) is 11.7. The maximum atomic E-state index is 12.3. The van der Waals surface area contributed by atoms with Crippen molar-refractivity contribution in [1.82, 2.24) is 0 Å². The molecule has 1 aromatic carbocycles. The number of hydrogen-bond acceptors (Lipinski definition) is 1. The summed E-state index contributed by atoms with van der Waals surface area (Å²) < 4.78 is 1.07. The van der Waals surface area contributed by atoms with Gasteiger partial charge in [0, 0.05) is 22.3 Å². The first kappa shape index (κ1) is 11.6. The molecule has 0 N–H and O–H groups in total. The fourth-order valence-corrected chi connectivity index (χ4v) is 3.19. The molecule has 1 aliphatic heterocycles. The minimum absolute atomic E-state index is 0.191. The molecule has 0 saturated carbocycles. The summed E-state index contributed by atoms with van der Waals surface area (Å²) in [5.41, 5.74) is 2.93. The molecule has 0 atom stereocenters. The number of amides is 1. The highest BCUT2D eigenvalue weighted by atomic mass is 79.9. The Labute approximate surface area is 105 Å². The van der Waals surface area contributed by atoms with E-state index in [9.17, 15) is 4.79 Å². The molecule has 86 valence electrons. The number of carbonyl (C=O) groups excluding carboxylic acids is 1. The van der Waals surface area contributed by atoms with E-state index in [0.29, 0.717) is 0 Å². The van der Waals surface area contributed by atoms with Gasteiger partial charge in [-0.15, -0.1) is 0 Å². The first-order valence-electron chi connectivity index (χ1n) is 5.52. The lowest BCUT2D eigenvalue weighted by Crippen LogP contribution is -2.35. The normalized spacial score (nSPS) is 17.8. The second kappa shape index (κ2) is 3.59. The van der Waals surface area contributed by atoms with E-state index in [4.69, 9.17) is 0 Å². The monoisotopic (exact) mass is 281 g/mol. The summed E-state index contributed by atoms with van der Waals surface area (Å²) >= 11 is 3.61. The number of carbonyl (C=O) groups is 1. The summed E-state index contributed by atoms with van der Waals surface area (Å²) in [6.45, 7) is 8.78. The van der Waals surface area contributed by atoms with Crippen LogP contribution in [0, 0.1) is 6.92 Å². The van der Waals surface area contributed by atoms with Gasteiger partial charge >= 0.3 is 0 Å². The lowest BCUT2D eigenvalue weighted by Gasteiger charge is -2.19. The summed E-state index contributed by atoms with van der Waals surface area (Å²) in [7, 11) is 0. The molecular formula is C13H16BrNO. The second-order valence-corrected chi connectivity index (χ2v) is 5.56. The predicted octanol–water partition coefficient (Wildman–Crippen LogP) is 3.40. The van der Waals surface area contributed by atoms with Gasteiger partial charge < -0.3 is 4.90 Å². The van der Waals surface area contributed by atoms with Gasteiger partial charge in [0.05, 0.1) is 5.41 Å². The highest BCUT2D eigenvalue weighted by molar-refractivity contribution is 9.10. The molecule has 2 rings (SSSR count). The zero-order valence-electron chi connectivity index (χ0n) is 10.1. The summed E-state index contributed by atoms with van der Waals surface area (Å²) in [6.07, 6.45) is 0. The van der Waals surface area contributed by atoms with E-state index < -0.39 is 5.41 Å². The van der Waals surface area contributed by atoms with Gasteiger partial charge in [0.15, 0.2) is 0 Å². The van der Waals surface area contributed by atoms with Crippen molar-refractivity contribution >= 4 is 27.5 Å². The van der Waals surface area contributed by atoms with Crippen molar-refractivity contribution in [2.45, 2.75) is 33.1 Å². The van der Waals surface area contributed by atoms with Crippen molar-refractivity contribution in [3.8, 4) is 0 Å². The highest BCUT2D eigenvalue weighted by Gasteiger charge is 2.44. The van der Waals surface area contributed by atoms with Gasteiger partial charge in [0.25, 0.3) is 0 Å². The fourth-order valence-electron chi connectivity index (χ4n) is 2.36. The van der Waals surface area contributed by atoms with Crippen molar-refractivity contribution in [2.24, 2.45) is 0 Å². The molecule has 1 heterocycles. The van der Waals surface area contributed by atoms with Crippen molar-refractivity contribution < 1.29 is 4.79 Å². The largest absolute Gasteiger partial charge is 0.312 e. The van der Waals surface area contributed by atoms with Gasteiger partial charge in [-0.25, -0.2) is 0 Å². The Bertz CT molecular complexity index is 465. The number of benzene rings is 1. The Morgan fingerprint density at radius 1 is 1.38 bits per heavy atom. The molecule has 1 aliphatic rings. The molecule has 0 radical (unpaired) electrons. The first-order valence-corrected chi connectivity index (χ1v) is 6.32. The van der Waals surface area contributed by atoms with Crippen molar-refractivity contribution in [3.05, 3.63) is 27.7 Å². The van der Waals surface area contributed by atoms with Crippen LogP contribution in [0.25, 0.3) is 0 Å². The van der Waals surface area contributed by atoms with Crippen LogP contribution in [0.15, 0.2) is 16.6 Å². The first-order chi connectivity index (χ1) is 7.41. The van der Waals surface area contributed by atoms with Crippen LogP contribution in [-0.4, -0.2) is 12.5 Å². The smallest absolute Gasteiger partial charge is 0.237 e. The molecule has 0 saturated heterocycles. The molecule has 0 spiro atoms. The molecule has 0 bridgehead atoms. The van der Waals surface area contributed by atoms with Gasteiger partial charge in [-0.3, -0.25) is 4.79 Å². The lowest BCUT2D eigenvalue weighted by molar-refractivity contribution is -0.122. The molecule has 0 fully saturated rings. The standard InChI is InChI=1S/C13H16BrNO/c1-5-15-9-7-6-8(2)11(14)10(9)13(3,4)12(15)16/h6-7H,5H2,1-4H3. The topological polar surface area (TPSA) is 20.3 Å². The van der Waals surface area contributed by atoms with Gasteiger partial charge in [0.1, 0.15) is 0 Å². The average Bonchev–Trinajstić information content (AvgIpc) is 2.42. The molecule has 0 aliphatic carbocycles. The minimum atomic E-state index is -0.420. The third-order valence-electron chi connectivity index (χ3n) is 3.32. The fraction of sp³-hybridized carbons (Fsp3) is 0.462. The number of hydrogen-bond donors (Lipinski definition) is 0. The van der Waals surface area contributed by atoms with E-state index in [1.807, 2.05) is 31.7 Å². The Balaban J connectivity index is 2.74. The highest BCUT2D eigenvalue weighted by Crippen LogP contribution is 2.46. The number of aryl methyl sites for hydroxylation is 1. The molecular weight excluding hydrogens is 266 g/mol. The summed E-state index contributed by atoms with van der Waals surface area (Å²) in [5.74, 6) is 0.191. The minimum Gasteiger partial charge on any atom is -0.312 e. The summed E-state index contributed by atoms with van der Waals surface area (Å²) in [5, 5.41) is 0. The zero-order chi connectivity index (χ0) is 12.1. The Hall–Kier alpha value is -0.830. The lowest BCUT2D eigenvalue weighted by atomic mass is 9.85. The van der Waals surface area contributed by atoms with Crippen LogP contribution in [0.1, 0.15) is 31.9 Å². The number of rotatable bonds is 1. The van der Waals surface area contributed by atoms with E-state index in [1.54, 1.807) is 0 Å². The second-order valence-electron chi connectivity index (χ2n) is 4.76. The van der Waals surface area contributed by atoms with E-state index in [2.05, 4.69) is 28.9 Å². The molecule has 0 unspecified atom stereocenters. The van der Waals surface area contributed by atoms with E-state index in [1.165, 1.54) is 5.56 Å². The number of anilines is 1. The molecule has 3 heteroatoms. The van der Waals surface area contributed by atoms with E-state index in [-0.39, 0.29) is 5.91 Å². The molecule has 0 aromatic heterocycles. The van der Waals surface area contributed by atoms with Gasteiger partial charge in [0.2, 0.25) is 5.91 Å². The van der Waals surface area contributed by atoms with Crippen molar-refractivity contribution in [1.29, 1.82) is 0 Å². The number of likely N-dealkylation sites (N-methyl/N-ethyl adjacent to an activating group) is 1. The van der Waals surface area contributed by atoms with Crippen LogP contribution in [0.4, 0.5) is 5.69 Å². The third kappa shape index (κ3) is 1.34. The number of halogens is 1. The molecule has 1 amide bonds. The van der Waals surface area contributed by atoms with Crippen molar-refractivity contribution in [2.75, 3.05) is 11.4 Å². The van der Waals surface area contributed by atoms with Crippen LogP contribution >= 0.6 is 15.9 Å². The van der Waals surface area contributed by atoms with Crippen LogP contribution in [-0.2, 0) is 10.2 Å². The summed E-state index contributed by atoms with van der Waals surface area (Å²) in [4.78, 5) is 14.1. The molecule has 16 heavy (non-hydrogen) atoms. The average molecular weight is 282 g/mol. The Morgan fingerprint density at radius 2 is 2.00 bits per heavy atom. The summed E-state index contributed by atoms with van der Waals surface area (Å²) in [6, 6.07) is 4.10. The van der Waals surface area contributed by atoms with E-state index >= 15 is 0 Å². The SMILES string of the molecule is CCN1C(=O)C(C)(C)c2c1ccc(C)c2Br. The molecule has 2 nitrogen and oxygen atoms in total. The van der Waals surface area contributed by atoms with Crippen LogP contribution in [0.3, 0.4) is 0 Å². The van der Waals surface area contributed by atoms with Crippen LogP contribution in [0.2, 0.25) is 0 Å². The van der Waals surface area contributed by atoms with Gasteiger partial charge in [-0.05, 0) is 39.3 Å². The van der Waals surface area contributed by atoms with Gasteiger partial charge in [-0.1, -0.05) is 22.0 Å². The number of fused-ring (bicyclic) bond motifs is 1. The van der Waals surface area contributed by atoms with Crippen LogP contribution < -0.4 is 4.90 Å². The maximum absolute atomic E-state index is 12.3. The third-order valence-corrected chi connectivity index (χ3v) is 4.35. The number of nitrogens with zero attached hydrogens (tertiary/aromatic N) is 1.